The molecule has 0 bridgehead atoms. The first-order valence-electron chi connectivity index (χ1n) is 7.14. The molecule has 1 fully saturated rings. The third kappa shape index (κ3) is 6.44. The summed E-state index contributed by atoms with van der Waals surface area (Å²) in [5.41, 5.74) is -0.0272. The second kappa shape index (κ2) is 6.76. The fourth-order valence-electron chi connectivity index (χ4n) is 2.62. The largest absolute Gasteiger partial charge is 0.390 e. The van der Waals surface area contributed by atoms with Crippen molar-refractivity contribution in [3.8, 4) is 0 Å². The van der Waals surface area contributed by atoms with E-state index in [1.165, 1.54) is 12.8 Å². The molecule has 0 aromatic heterocycles. The summed E-state index contributed by atoms with van der Waals surface area (Å²) in [6, 6.07) is 9.44. The van der Waals surface area contributed by atoms with Gasteiger partial charge >= 0.3 is 0 Å². The van der Waals surface area contributed by atoms with E-state index in [0.717, 1.165) is 17.9 Å². The minimum absolute atomic E-state index is 0.365. The molecule has 108 valence electrons. The highest BCUT2D eigenvalue weighted by molar-refractivity contribution is 6.30. The molecule has 2 heteroatoms. The van der Waals surface area contributed by atoms with Crippen LogP contribution in [0.4, 0.5) is 0 Å². The number of benzene rings is 1. The lowest BCUT2D eigenvalue weighted by atomic mass is 9.68. The SMILES string of the molecule is CC1(O)CCCC(C(C)(C)C)C1.Clc1ccccc1. The van der Waals surface area contributed by atoms with Gasteiger partial charge < -0.3 is 5.11 Å². The Kier molecular flexibility index (Phi) is 5.88. The molecule has 1 saturated carbocycles. The first-order chi connectivity index (χ1) is 8.71. The Balaban J connectivity index is 0.000000218. The molecule has 0 saturated heterocycles. The lowest BCUT2D eigenvalue weighted by molar-refractivity contribution is -0.0231. The van der Waals surface area contributed by atoms with E-state index in [4.69, 9.17) is 11.6 Å². The zero-order valence-electron chi connectivity index (χ0n) is 12.6. The van der Waals surface area contributed by atoms with E-state index in [1.54, 1.807) is 0 Å². The van der Waals surface area contributed by atoms with Crippen LogP contribution in [-0.4, -0.2) is 10.7 Å². The summed E-state index contributed by atoms with van der Waals surface area (Å²) in [6.45, 7) is 8.81. The zero-order chi connectivity index (χ0) is 14.5. The Labute approximate surface area is 123 Å². The number of halogens is 1. The van der Waals surface area contributed by atoms with Crippen LogP contribution in [0.5, 0.6) is 0 Å². The lowest BCUT2D eigenvalue weighted by Crippen LogP contribution is -2.36. The highest BCUT2D eigenvalue weighted by Crippen LogP contribution is 2.41. The van der Waals surface area contributed by atoms with E-state index >= 15 is 0 Å². The summed E-state index contributed by atoms with van der Waals surface area (Å²) in [5.74, 6) is 0.696. The third-order valence-electron chi connectivity index (χ3n) is 3.91. The predicted octanol–water partition coefficient (Wildman–Crippen LogP) is 5.31. The number of rotatable bonds is 0. The van der Waals surface area contributed by atoms with Crippen molar-refractivity contribution >= 4 is 11.6 Å². The van der Waals surface area contributed by atoms with Gasteiger partial charge in [-0.05, 0) is 49.7 Å². The molecular formula is C17H27ClO. The minimum atomic E-state index is -0.393. The van der Waals surface area contributed by atoms with Crippen molar-refractivity contribution in [2.24, 2.45) is 11.3 Å². The van der Waals surface area contributed by atoms with Crippen LogP contribution in [0.3, 0.4) is 0 Å². The monoisotopic (exact) mass is 282 g/mol. The molecule has 1 aliphatic carbocycles. The van der Waals surface area contributed by atoms with Gasteiger partial charge in [0.15, 0.2) is 0 Å². The zero-order valence-corrected chi connectivity index (χ0v) is 13.4. The fraction of sp³-hybridized carbons (Fsp3) is 0.647. The maximum absolute atomic E-state index is 9.91. The van der Waals surface area contributed by atoms with Gasteiger partial charge in [-0.15, -0.1) is 0 Å². The van der Waals surface area contributed by atoms with Crippen LogP contribution in [0.25, 0.3) is 0 Å². The summed E-state index contributed by atoms with van der Waals surface area (Å²) < 4.78 is 0. The molecule has 0 spiro atoms. The molecule has 1 N–H and O–H groups in total. The van der Waals surface area contributed by atoms with Crippen LogP contribution in [0, 0.1) is 11.3 Å². The molecule has 0 amide bonds. The van der Waals surface area contributed by atoms with E-state index in [1.807, 2.05) is 37.3 Å². The first-order valence-corrected chi connectivity index (χ1v) is 7.51. The van der Waals surface area contributed by atoms with Crippen molar-refractivity contribution in [3.05, 3.63) is 35.4 Å². The lowest BCUT2D eigenvalue weighted by Gasteiger charge is -2.40. The van der Waals surface area contributed by atoms with E-state index in [2.05, 4.69) is 20.8 Å². The van der Waals surface area contributed by atoms with Crippen LogP contribution < -0.4 is 0 Å². The summed E-state index contributed by atoms with van der Waals surface area (Å²) >= 11 is 5.54. The van der Waals surface area contributed by atoms with Crippen LogP contribution in [0.1, 0.15) is 53.4 Å². The summed E-state index contributed by atoms with van der Waals surface area (Å²) in [6.07, 6.45) is 4.45. The molecule has 2 atom stereocenters. The van der Waals surface area contributed by atoms with Crippen molar-refractivity contribution in [1.82, 2.24) is 0 Å². The predicted molar refractivity (Wildman–Crippen MR) is 83.5 cm³/mol. The van der Waals surface area contributed by atoms with Gasteiger partial charge in [0, 0.05) is 5.02 Å². The van der Waals surface area contributed by atoms with Crippen molar-refractivity contribution in [2.75, 3.05) is 0 Å². The smallest absolute Gasteiger partial charge is 0.0622 e. The number of hydrogen-bond donors (Lipinski definition) is 1. The van der Waals surface area contributed by atoms with Gasteiger partial charge in [0.2, 0.25) is 0 Å². The second-order valence-corrected chi connectivity index (χ2v) is 7.39. The molecule has 0 aliphatic heterocycles. The van der Waals surface area contributed by atoms with Gasteiger partial charge in [-0.3, -0.25) is 0 Å². The maximum atomic E-state index is 9.91. The van der Waals surface area contributed by atoms with Gasteiger partial charge in [-0.2, -0.15) is 0 Å². The molecule has 1 aliphatic rings. The van der Waals surface area contributed by atoms with Crippen molar-refractivity contribution in [3.63, 3.8) is 0 Å². The Morgan fingerprint density at radius 2 is 1.79 bits per heavy atom. The Morgan fingerprint density at radius 3 is 2.11 bits per heavy atom. The number of hydrogen-bond acceptors (Lipinski definition) is 1. The molecule has 2 unspecified atom stereocenters. The molecule has 1 nitrogen and oxygen atoms in total. The van der Waals surface area contributed by atoms with E-state index in [-0.39, 0.29) is 0 Å². The van der Waals surface area contributed by atoms with Crippen LogP contribution in [-0.2, 0) is 0 Å². The Bertz CT molecular complexity index is 361. The van der Waals surface area contributed by atoms with Crippen LogP contribution in [0.15, 0.2) is 30.3 Å². The van der Waals surface area contributed by atoms with E-state index in [9.17, 15) is 5.11 Å². The van der Waals surface area contributed by atoms with Crippen molar-refractivity contribution in [2.45, 2.75) is 59.0 Å². The molecule has 1 aromatic carbocycles. The van der Waals surface area contributed by atoms with E-state index < -0.39 is 5.60 Å². The molecule has 19 heavy (non-hydrogen) atoms. The van der Waals surface area contributed by atoms with Gasteiger partial charge in [-0.25, -0.2) is 0 Å². The fourth-order valence-corrected chi connectivity index (χ4v) is 2.76. The summed E-state index contributed by atoms with van der Waals surface area (Å²) in [5, 5.41) is 10.7. The van der Waals surface area contributed by atoms with Gasteiger partial charge in [0.1, 0.15) is 0 Å². The summed E-state index contributed by atoms with van der Waals surface area (Å²) in [7, 11) is 0. The minimum Gasteiger partial charge on any atom is -0.390 e. The van der Waals surface area contributed by atoms with Crippen LogP contribution >= 0.6 is 11.6 Å². The average Bonchev–Trinajstić information content (AvgIpc) is 2.28. The average molecular weight is 283 g/mol. The highest BCUT2D eigenvalue weighted by atomic mass is 35.5. The third-order valence-corrected chi connectivity index (χ3v) is 4.16. The standard InChI is InChI=1S/C11H22O.C6H5Cl/c1-10(2,3)9-6-5-7-11(4,12)8-9;7-6-4-2-1-3-5-6/h9,12H,5-8H2,1-4H3;1-5H. The topological polar surface area (TPSA) is 20.2 Å². The molecule has 0 radical (unpaired) electrons. The second-order valence-electron chi connectivity index (χ2n) is 6.95. The van der Waals surface area contributed by atoms with Crippen molar-refractivity contribution in [1.29, 1.82) is 0 Å². The van der Waals surface area contributed by atoms with Crippen molar-refractivity contribution < 1.29 is 5.11 Å². The van der Waals surface area contributed by atoms with Gasteiger partial charge in [-0.1, -0.05) is 57.0 Å². The van der Waals surface area contributed by atoms with Gasteiger partial charge in [0.25, 0.3) is 0 Å². The van der Waals surface area contributed by atoms with E-state index in [0.29, 0.717) is 11.3 Å². The molecule has 1 aromatic rings. The Hall–Kier alpha value is -0.530. The highest BCUT2D eigenvalue weighted by Gasteiger charge is 2.35. The first kappa shape index (κ1) is 16.5. The Morgan fingerprint density at radius 1 is 1.21 bits per heavy atom. The molecule has 2 rings (SSSR count). The quantitative estimate of drug-likeness (QED) is 0.683. The number of aliphatic hydroxyl groups is 1. The normalized spacial score (nSPS) is 27.4. The van der Waals surface area contributed by atoms with Gasteiger partial charge in [0.05, 0.1) is 5.60 Å². The maximum Gasteiger partial charge on any atom is 0.0622 e. The summed E-state index contributed by atoms with van der Waals surface area (Å²) in [4.78, 5) is 0. The molecular weight excluding hydrogens is 256 g/mol. The van der Waals surface area contributed by atoms with Crippen LogP contribution in [0.2, 0.25) is 5.02 Å². The molecule has 0 heterocycles.